The van der Waals surface area contributed by atoms with E-state index in [1.807, 2.05) is 9.80 Å². The zero-order chi connectivity index (χ0) is 15.7. The molecule has 2 aliphatic heterocycles. The van der Waals surface area contributed by atoms with Crippen LogP contribution in [-0.4, -0.2) is 53.8 Å². The molecule has 2 unspecified atom stereocenters. The monoisotopic (exact) mass is 307 g/mol. The minimum absolute atomic E-state index is 0.0502. The normalized spacial score (nSPS) is 32.9. The first-order chi connectivity index (χ1) is 10.5. The van der Waals surface area contributed by atoms with E-state index in [-0.39, 0.29) is 29.2 Å². The number of rotatable bonds is 3. The van der Waals surface area contributed by atoms with Crippen LogP contribution in [-0.2, 0) is 9.59 Å². The zero-order valence-corrected chi connectivity index (χ0v) is 13.7. The van der Waals surface area contributed by atoms with Crippen molar-refractivity contribution >= 4 is 11.8 Å². The molecule has 5 nitrogen and oxygen atoms in total. The molecule has 0 bridgehead atoms. The van der Waals surface area contributed by atoms with Crippen LogP contribution in [0.3, 0.4) is 0 Å². The van der Waals surface area contributed by atoms with Gasteiger partial charge in [0.1, 0.15) is 6.04 Å². The smallest absolute Gasteiger partial charge is 0.245 e. The highest BCUT2D eigenvalue weighted by molar-refractivity contribution is 5.89. The van der Waals surface area contributed by atoms with E-state index in [1.165, 1.54) is 0 Å². The van der Waals surface area contributed by atoms with Gasteiger partial charge in [-0.15, -0.1) is 0 Å². The van der Waals surface area contributed by atoms with Gasteiger partial charge < -0.3 is 15.5 Å². The van der Waals surface area contributed by atoms with E-state index in [0.717, 1.165) is 64.6 Å². The first-order valence-electron chi connectivity index (χ1n) is 8.83. The van der Waals surface area contributed by atoms with Crippen LogP contribution < -0.4 is 5.73 Å². The molecule has 3 aliphatic rings. The Morgan fingerprint density at radius 1 is 1.09 bits per heavy atom. The van der Waals surface area contributed by atoms with Crippen LogP contribution in [0, 0.1) is 11.3 Å². The molecule has 2 heterocycles. The van der Waals surface area contributed by atoms with Gasteiger partial charge in [0, 0.05) is 25.6 Å². The minimum atomic E-state index is -0.215. The van der Waals surface area contributed by atoms with Crippen LogP contribution in [0.2, 0.25) is 0 Å². The second kappa shape index (κ2) is 6.19. The summed E-state index contributed by atoms with van der Waals surface area (Å²) < 4.78 is 0. The molecule has 2 saturated heterocycles. The third-order valence-electron chi connectivity index (χ3n) is 5.89. The van der Waals surface area contributed by atoms with Crippen LogP contribution in [0.1, 0.15) is 51.9 Å². The SMILES string of the molecule is CC1(CN)CCN(C(=O)C2CCCN2C(=O)C2CCCC2)C1. The molecule has 3 fully saturated rings. The summed E-state index contributed by atoms with van der Waals surface area (Å²) >= 11 is 0. The van der Waals surface area contributed by atoms with E-state index in [9.17, 15) is 9.59 Å². The quantitative estimate of drug-likeness (QED) is 0.856. The summed E-state index contributed by atoms with van der Waals surface area (Å²) in [5, 5.41) is 0. The van der Waals surface area contributed by atoms with Gasteiger partial charge in [0.2, 0.25) is 11.8 Å². The number of amides is 2. The number of hydrogen-bond acceptors (Lipinski definition) is 3. The lowest BCUT2D eigenvalue weighted by atomic mass is 9.90. The molecule has 0 spiro atoms. The van der Waals surface area contributed by atoms with Crippen LogP contribution in [0.15, 0.2) is 0 Å². The third kappa shape index (κ3) is 2.87. The maximum atomic E-state index is 12.9. The topological polar surface area (TPSA) is 66.6 Å². The van der Waals surface area contributed by atoms with Crippen molar-refractivity contribution in [1.29, 1.82) is 0 Å². The Balaban J connectivity index is 1.65. The molecule has 2 amide bonds. The molecule has 2 N–H and O–H groups in total. The van der Waals surface area contributed by atoms with Crippen molar-refractivity contribution in [2.24, 2.45) is 17.1 Å². The number of carbonyl (C=O) groups is 2. The number of nitrogens with zero attached hydrogens (tertiary/aromatic N) is 2. The van der Waals surface area contributed by atoms with Gasteiger partial charge in [-0.3, -0.25) is 9.59 Å². The molecule has 22 heavy (non-hydrogen) atoms. The van der Waals surface area contributed by atoms with Crippen molar-refractivity contribution < 1.29 is 9.59 Å². The molecule has 1 aliphatic carbocycles. The second-order valence-corrected chi connectivity index (χ2v) is 7.70. The fourth-order valence-electron chi connectivity index (χ4n) is 4.28. The maximum Gasteiger partial charge on any atom is 0.245 e. The maximum absolute atomic E-state index is 12.9. The van der Waals surface area contributed by atoms with E-state index in [0.29, 0.717) is 6.54 Å². The fraction of sp³-hybridized carbons (Fsp3) is 0.882. The molecule has 1 saturated carbocycles. The summed E-state index contributed by atoms with van der Waals surface area (Å²) in [5.74, 6) is 0.552. The fourth-order valence-corrected chi connectivity index (χ4v) is 4.28. The van der Waals surface area contributed by atoms with Gasteiger partial charge in [-0.25, -0.2) is 0 Å². The molecular weight excluding hydrogens is 278 g/mol. The van der Waals surface area contributed by atoms with Crippen molar-refractivity contribution in [3.63, 3.8) is 0 Å². The lowest BCUT2D eigenvalue weighted by Gasteiger charge is -2.30. The van der Waals surface area contributed by atoms with Gasteiger partial charge in [0.15, 0.2) is 0 Å². The Morgan fingerprint density at radius 3 is 2.45 bits per heavy atom. The Hall–Kier alpha value is -1.10. The lowest BCUT2D eigenvalue weighted by molar-refractivity contribution is -0.145. The van der Waals surface area contributed by atoms with Crippen molar-refractivity contribution in [3.8, 4) is 0 Å². The predicted octanol–water partition coefficient (Wildman–Crippen LogP) is 1.36. The summed E-state index contributed by atoms with van der Waals surface area (Å²) in [6.45, 7) is 5.05. The molecule has 0 aromatic heterocycles. The van der Waals surface area contributed by atoms with E-state index in [2.05, 4.69) is 6.92 Å². The van der Waals surface area contributed by atoms with Gasteiger partial charge in [-0.2, -0.15) is 0 Å². The van der Waals surface area contributed by atoms with Crippen molar-refractivity contribution in [3.05, 3.63) is 0 Å². The molecule has 3 rings (SSSR count). The molecule has 0 aromatic carbocycles. The number of carbonyl (C=O) groups excluding carboxylic acids is 2. The molecular formula is C17H29N3O2. The zero-order valence-electron chi connectivity index (χ0n) is 13.7. The van der Waals surface area contributed by atoms with Gasteiger partial charge in [0.25, 0.3) is 0 Å². The van der Waals surface area contributed by atoms with E-state index < -0.39 is 0 Å². The van der Waals surface area contributed by atoms with Gasteiger partial charge in [-0.05, 0) is 44.1 Å². The second-order valence-electron chi connectivity index (χ2n) is 7.70. The molecule has 124 valence electrons. The summed E-state index contributed by atoms with van der Waals surface area (Å²) in [6, 6.07) is -0.215. The average Bonchev–Trinajstić information content (AvgIpc) is 3.26. The number of likely N-dealkylation sites (tertiary alicyclic amines) is 2. The van der Waals surface area contributed by atoms with Crippen LogP contribution >= 0.6 is 0 Å². The number of nitrogens with two attached hydrogens (primary N) is 1. The average molecular weight is 307 g/mol. The molecule has 0 aromatic rings. The standard InChI is InChI=1S/C17H29N3O2/c1-17(11-18)8-10-19(12-17)16(22)14-7-4-9-20(14)15(21)13-5-2-3-6-13/h13-14H,2-12,18H2,1H3. The highest BCUT2D eigenvalue weighted by atomic mass is 16.2. The van der Waals surface area contributed by atoms with E-state index >= 15 is 0 Å². The summed E-state index contributed by atoms with van der Waals surface area (Å²) in [4.78, 5) is 29.4. The van der Waals surface area contributed by atoms with Crippen molar-refractivity contribution in [2.45, 2.75) is 57.9 Å². The highest BCUT2D eigenvalue weighted by Gasteiger charge is 2.42. The molecule has 0 radical (unpaired) electrons. The summed E-state index contributed by atoms with van der Waals surface area (Å²) in [7, 11) is 0. The third-order valence-corrected chi connectivity index (χ3v) is 5.89. The van der Waals surface area contributed by atoms with Crippen LogP contribution in [0.4, 0.5) is 0 Å². The van der Waals surface area contributed by atoms with Crippen LogP contribution in [0.5, 0.6) is 0 Å². The first-order valence-corrected chi connectivity index (χ1v) is 8.83. The minimum Gasteiger partial charge on any atom is -0.340 e. The predicted molar refractivity (Wildman–Crippen MR) is 85.1 cm³/mol. The Labute approximate surface area is 133 Å². The van der Waals surface area contributed by atoms with Gasteiger partial charge in [-0.1, -0.05) is 19.8 Å². The van der Waals surface area contributed by atoms with Gasteiger partial charge >= 0.3 is 0 Å². The largest absolute Gasteiger partial charge is 0.340 e. The summed E-state index contributed by atoms with van der Waals surface area (Å²) in [5.41, 5.74) is 5.89. The van der Waals surface area contributed by atoms with Crippen LogP contribution in [0.25, 0.3) is 0 Å². The Kier molecular flexibility index (Phi) is 4.44. The Bertz CT molecular complexity index is 447. The van der Waals surface area contributed by atoms with E-state index in [4.69, 9.17) is 5.73 Å². The summed E-state index contributed by atoms with van der Waals surface area (Å²) in [6.07, 6.45) is 7.08. The molecule has 5 heteroatoms. The molecule has 2 atom stereocenters. The highest BCUT2D eigenvalue weighted by Crippen LogP contribution is 2.33. The number of hydrogen-bond donors (Lipinski definition) is 1. The van der Waals surface area contributed by atoms with E-state index in [1.54, 1.807) is 0 Å². The Morgan fingerprint density at radius 2 is 1.82 bits per heavy atom. The van der Waals surface area contributed by atoms with Crippen molar-refractivity contribution in [2.75, 3.05) is 26.2 Å². The first kappa shape index (κ1) is 15.8. The van der Waals surface area contributed by atoms with Gasteiger partial charge in [0.05, 0.1) is 0 Å². The van der Waals surface area contributed by atoms with Crippen molar-refractivity contribution in [1.82, 2.24) is 9.80 Å². The lowest BCUT2D eigenvalue weighted by Crippen LogP contribution is -2.49.